The van der Waals surface area contributed by atoms with Crippen molar-refractivity contribution >= 4 is 16.0 Å². The van der Waals surface area contributed by atoms with Gasteiger partial charge in [0.05, 0.1) is 5.75 Å². The summed E-state index contributed by atoms with van der Waals surface area (Å²) in [7, 11) is -1.79. The Morgan fingerprint density at radius 3 is 2.44 bits per heavy atom. The SMILES string of the molecule is COCCCCS(=O)(=O)NC(C)(C)CCC(=O)O. The first-order valence-corrected chi connectivity index (χ1v) is 7.56. The molecule has 0 aliphatic carbocycles. The summed E-state index contributed by atoms with van der Waals surface area (Å²) in [6.07, 6.45) is 1.42. The zero-order chi connectivity index (χ0) is 14.2. The van der Waals surface area contributed by atoms with Crippen LogP contribution in [0.5, 0.6) is 0 Å². The van der Waals surface area contributed by atoms with Gasteiger partial charge in [-0.05, 0) is 33.1 Å². The summed E-state index contributed by atoms with van der Waals surface area (Å²) in [4.78, 5) is 10.5. The fourth-order valence-corrected chi connectivity index (χ4v) is 3.11. The Morgan fingerprint density at radius 1 is 1.33 bits per heavy atom. The van der Waals surface area contributed by atoms with Crippen LogP contribution in [0.15, 0.2) is 0 Å². The van der Waals surface area contributed by atoms with E-state index in [1.165, 1.54) is 0 Å². The molecule has 0 aromatic heterocycles. The molecule has 2 N–H and O–H groups in total. The molecule has 0 aromatic carbocycles. The van der Waals surface area contributed by atoms with Crippen LogP contribution >= 0.6 is 0 Å². The number of sulfonamides is 1. The molecule has 6 nitrogen and oxygen atoms in total. The third-order valence-electron chi connectivity index (χ3n) is 2.41. The lowest BCUT2D eigenvalue weighted by Gasteiger charge is -2.25. The Labute approximate surface area is 109 Å². The zero-order valence-electron chi connectivity index (χ0n) is 11.2. The summed E-state index contributed by atoms with van der Waals surface area (Å²) in [5.74, 6) is -0.894. The second kappa shape index (κ2) is 7.70. The molecule has 0 unspecified atom stereocenters. The van der Waals surface area contributed by atoms with Crippen LogP contribution in [0.1, 0.15) is 39.5 Å². The molecule has 0 radical (unpaired) electrons. The molecule has 0 saturated heterocycles. The topological polar surface area (TPSA) is 92.7 Å². The van der Waals surface area contributed by atoms with Gasteiger partial charge in [0.2, 0.25) is 10.0 Å². The summed E-state index contributed by atoms with van der Waals surface area (Å²) in [5.41, 5.74) is -0.738. The van der Waals surface area contributed by atoms with Crippen molar-refractivity contribution in [2.24, 2.45) is 0 Å². The predicted molar refractivity (Wildman–Crippen MR) is 69.0 cm³/mol. The van der Waals surface area contributed by atoms with Crippen LogP contribution in [0.4, 0.5) is 0 Å². The maximum Gasteiger partial charge on any atom is 0.303 e. The Bertz CT molecular complexity index is 350. The lowest BCUT2D eigenvalue weighted by atomic mass is 10.0. The van der Waals surface area contributed by atoms with Gasteiger partial charge in [0.1, 0.15) is 0 Å². The highest BCUT2D eigenvalue weighted by Crippen LogP contribution is 2.13. The second-order valence-electron chi connectivity index (χ2n) is 4.90. The molecule has 0 spiro atoms. The minimum absolute atomic E-state index is 0.0346. The zero-order valence-corrected chi connectivity index (χ0v) is 12.0. The summed E-state index contributed by atoms with van der Waals surface area (Å²) >= 11 is 0. The minimum Gasteiger partial charge on any atom is -0.481 e. The molecule has 0 heterocycles. The van der Waals surface area contributed by atoms with Crippen molar-refractivity contribution in [1.29, 1.82) is 0 Å². The van der Waals surface area contributed by atoms with Crippen molar-refractivity contribution in [1.82, 2.24) is 4.72 Å². The number of carbonyl (C=O) groups is 1. The maximum atomic E-state index is 11.8. The lowest BCUT2D eigenvalue weighted by Crippen LogP contribution is -2.44. The number of ether oxygens (including phenoxy) is 1. The van der Waals surface area contributed by atoms with Crippen molar-refractivity contribution in [3.05, 3.63) is 0 Å². The Hall–Kier alpha value is -0.660. The molecule has 0 saturated carbocycles. The van der Waals surface area contributed by atoms with E-state index in [1.807, 2.05) is 0 Å². The molecule has 0 fully saturated rings. The molecule has 0 rings (SSSR count). The smallest absolute Gasteiger partial charge is 0.303 e. The second-order valence-corrected chi connectivity index (χ2v) is 6.74. The number of unbranched alkanes of at least 4 members (excludes halogenated alkanes) is 1. The highest BCUT2D eigenvalue weighted by molar-refractivity contribution is 7.89. The highest BCUT2D eigenvalue weighted by Gasteiger charge is 2.25. The Balaban J connectivity index is 4.16. The molecule has 0 amide bonds. The number of nitrogens with one attached hydrogen (secondary N) is 1. The fourth-order valence-electron chi connectivity index (χ4n) is 1.48. The number of methoxy groups -OCH3 is 1. The average Bonchev–Trinajstić information content (AvgIpc) is 2.20. The van der Waals surface area contributed by atoms with Crippen LogP contribution in [0.25, 0.3) is 0 Å². The number of aliphatic carboxylic acids is 1. The van der Waals surface area contributed by atoms with Crippen LogP contribution in [0.2, 0.25) is 0 Å². The molecule has 0 aromatic rings. The predicted octanol–water partition coefficient (Wildman–Crippen LogP) is 0.976. The van der Waals surface area contributed by atoms with Gasteiger partial charge in [-0.2, -0.15) is 0 Å². The van der Waals surface area contributed by atoms with Crippen LogP contribution in [0, 0.1) is 0 Å². The molecule has 0 aliphatic heterocycles. The van der Waals surface area contributed by atoms with E-state index in [4.69, 9.17) is 9.84 Å². The van der Waals surface area contributed by atoms with Gasteiger partial charge in [-0.25, -0.2) is 13.1 Å². The van der Waals surface area contributed by atoms with Gasteiger partial charge in [0, 0.05) is 25.7 Å². The van der Waals surface area contributed by atoms with E-state index in [1.54, 1.807) is 21.0 Å². The van der Waals surface area contributed by atoms with Crippen molar-refractivity contribution in [2.45, 2.75) is 45.1 Å². The van der Waals surface area contributed by atoms with E-state index in [-0.39, 0.29) is 18.6 Å². The number of hydrogen-bond acceptors (Lipinski definition) is 4. The largest absolute Gasteiger partial charge is 0.481 e. The summed E-state index contributed by atoms with van der Waals surface area (Å²) in [5, 5.41) is 8.58. The van der Waals surface area contributed by atoms with E-state index < -0.39 is 21.5 Å². The normalized spacial score (nSPS) is 12.6. The molecule has 0 bridgehead atoms. The molecule has 0 aliphatic rings. The third-order valence-corrected chi connectivity index (χ3v) is 4.10. The van der Waals surface area contributed by atoms with E-state index in [2.05, 4.69) is 4.72 Å². The first-order valence-electron chi connectivity index (χ1n) is 5.91. The monoisotopic (exact) mass is 281 g/mol. The van der Waals surface area contributed by atoms with Crippen molar-refractivity contribution in [3.8, 4) is 0 Å². The Morgan fingerprint density at radius 2 is 1.94 bits per heavy atom. The first kappa shape index (κ1) is 17.3. The molecule has 108 valence electrons. The standard InChI is InChI=1S/C11H23NO5S/c1-11(2,7-6-10(13)14)12-18(15,16)9-5-4-8-17-3/h12H,4-9H2,1-3H3,(H,13,14). The molecular formula is C11H23NO5S. The lowest BCUT2D eigenvalue weighted by molar-refractivity contribution is -0.137. The van der Waals surface area contributed by atoms with Crippen molar-refractivity contribution in [3.63, 3.8) is 0 Å². The van der Waals surface area contributed by atoms with Crippen molar-refractivity contribution in [2.75, 3.05) is 19.5 Å². The minimum atomic E-state index is -3.37. The van der Waals surface area contributed by atoms with Crippen LogP contribution in [-0.2, 0) is 19.6 Å². The molecule has 18 heavy (non-hydrogen) atoms. The van der Waals surface area contributed by atoms with E-state index in [0.29, 0.717) is 19.4 Å². The maximum absolute atomic E-state index is 11.8. The Kier molecular flexibility index (Phi) is 7.42. The first-order chi connectivity index (χ1) is 8.18. The van der Waals surface area contributed by atoms with E-state index in [9.17, 15) is 13.2 Å². The van der Waals surface area contributed by atoms with Crippen molar-refractivity contribution < 1.29 is 23.1 Å². The van der Waals surface area contributed by atoms with Gasteiger partial charge in [0.25, 0.3) is 0 Å². The van der Waals surface area contributed by atoms with Gasteiger partial charge < -0.3 is 9.84 Å². The quantitative estimate of drug-likeness (QED) is 0.582. The number of rotatable bonds is 10. The average molecular weight is 281 g/mol. The van der Waals surface area contributed by atoms with Gasteiger partial charge in [0.15, 0.2) is 0 Å². The fraction of sp³-hybridized carbons (Fsp3) is 0.909. The molecular weight excluding hydrogens is 258 g/mol. The third kappa shape index (κ3) is 9.38. The van der Waals surface area contributed by atoms with E-state index >= 15 is 0 Å². The van der Waals surface area contributed by atoms with Crippen LogP contribution in [-0.4, -0.2) is 44.5 Å². The number of carboxylic acid groups (broad SMARTS) is 1. The van der Waals surface area contributed by atoms with E-state index in [0.717, 1.165) is 0 Å². The number of carboxylic acids is 1. The summed E-state index contributed by atoms with van der Waals surface area (Å²) in [6.45, 7) is 3.91. The van der Waals surface area contributed by atoms with Gasteiger partial charge >= 0.3 is 5.97 Å². The highest BCUT2D eigenvalue weighted by atomic mass is 32.2. The van der Waals surface area contributed by atoms with Gasteiger partial charge in [-0.15, -0.1) is 0 Å². The summed E-state index contributed by atoms with van der Waals surface area (Å²) in [6, 6.07) is 0. The molecule has 7 heteroatoms. The molecule has 0 atom stereocenters. The van der Waals surface area contributed by atoms with Crippen LogP contribution in [0.3, 0.4) is 0 Å². The van der Waals surface area contributed by atoms with Crippen LogP contribution < -0.4 is 4.72 Å². The van der Waals surface area contributed by atoms with Gasteiger partial charge in [-0.1, -0.05) is 0 Å². The van der Waals surface area contributed by atoms with Gasteiger partial charge in [-0.3, -0.25) is 4.79 Å². The number of hydrogen-bond donors (Lipinski definition) is 2. The summed E-state index contributed by atoms with van der Waals surface area (Å²) < 4.78 is 30.9.